The molecular weight excluding hydrogens is 332 g/mol. The molecule has 1 fully saturated rings. The first-order valence-electron chi connectivity index (χ1n) is 9.42. The largest absolute Gasteiger partial charge is 0.482 e. The van der Waals surface area contributed by atoms with Crippen LogP contribution in [0.25, 0.3) is 0 Å². The summed E-state index contributed by atoms with van der Waals surface area (Å²) < 4.78 is 5.47. The summed E-state index contributed by atoms with van der Waals surface area (Å²) in [5.41, 5.74) is 0.838. The molecule has 2 aliphatic heterocycles. The van der Waals surface area contributed by atoms with Gasteiger partial charge in [-0.25, -0.2) is 0 Å². The summed E-state index contributed by atoms with van der Waals surface area (Å²) in [5, 5.41) is 13.0. The Morgan fingerprint density at radius 1 is 1.35 bits per heavy atom. The molecule has 1 aromatic carbocycles. The molecule has 0 atom stereocenters. The van der Waals surface area contributed by atoms with Crippen LogP contribution < -0.4 is 15.0 Å². The third kappa shape index (κ3) is 4.46. The first-order valence-corrected chi connectivity index (χ1v) is 9.42. The maximum atomic E-state index is 12.2. The van der Waals surface area contributed by atoms with E-state index in [1.165, 1.54) is 0 Å². The van der Waals surface area contributed by atoms with Gasteiger partial charge in [-0.2, -0.15) is 0 Å². The van der Waals surface area contributed by atoms with Crippen molar-refractivity contribution in [2.24, 2.45) is 4.99 Å². The van der Waals surface area contributed by atoms with E-state index in [4.69, 9.17) is 9.73 Å². The van der Waals surface area contributed by atoms with Crippen LogP contribution in [0.5, 0.6) is 5.75 Å². The summed E-state index contributed by atoms with van der Waals surface area (Å²) in [6.07, 6.45) is 2.15. The van der Waals surface area contributed by atoms with Gasteiger partial charge in [-0.05, 0) is 38.3 Å². The zero-order chi connectivity index (χ0) is 18.4. The molecule has 7 heteroatoms. The van der Waals surface area contributed by atoms with E-state index >= 15 is 0 Å². The van der Waals surface area contributed by atoms with E-state index < -0.39 is 0 Å². The quantitative estimate of drug-likeness (QED) is 0.469. The van der Waals surface area contributed by atoms with Gasteiger partial charge in [0, 0.05) is 32.7 Å². The summed E-state index contributed by atoms with van der Waals surface area (Å²) in [7, 11) is 0. The number of aliphatic imine (C=N–C) groups is 1. The molecule has 1 aromatic rings. The number of likely N-dealkylation sites (tertiary alicyclic amines) is 1. The molecule has 2 aliphatic rings. The second-order valence-electron chi connectivity index (χ2n) is 6.61. The average molecular weight is 360 g/mol. The van der Waals surface area contributed by atoms with E-state index in [0.717, 1.165) is 56.3 Å². The fourth-order valence-electron chi connectivity index (χ4n) is 3.32. The number of fused-ring (bicyclic) bond motifs is 1. The van der Waals surface area contributed by atoms with Crippen molar-refractivity contribution in [3.63, 3.8) is 0 Å². The molecule has 0 aliphatic carbocycles. The first kappa shape index (κ1) is 18.5. The lowest BCUT2D eigenvalue weighted by molar-refractivity contribution is -0.121. The lowest BCUT2D eigenvalue weighted by atomic mass is 10.1. The number of para-hydroxylation sites is 2. The first-order chi connectivity index (χ1) is 12.7. The third-order valence-electron chi connectivity index (χ3n) is 4.71. The standard InChI is InChI=1S/C19H28N4O3/c1-2-20-19(22-12-8-15(24)9-13-22)21-10-5-11-23-16-6-3-4-7-17(16)26-14-18(23)25/h3-4,6-7,15,24H,2,5,8-14H2,1H3,(H,20,21). The molecule has 0 unspecified atom stereocenters. The lowest BCUT2D eigenvalue weighted by Gasteiger charge is -2.32. The molecule has 7 nitrogen and oxygen atoms in total. The summed E-state index contributed by atoms with van der Waals surface area (Å²) in [4.78, 5) is 20.9. The Morgan fingerprint density at radius 3 is 2.88 bits per heavy atom. The number of ether oxygens (including phenoxy) is 1. The van der Waals surface area contributed by atoms with Gasteiger partial charge in [0.25, 0.3) is 5.91 Å². The topological polar surface area (TPSA) is 77.4 Å². The van der Waals surface area contributed by atoms with Crippen LogP contribution >= 0.6 is 0 Å². The maximum Gasteiger partial charge on any atom is 0.265 e. The highest BCUT2D eigenvalue weighted by Gasteiger charge is 2.24. The predicted octanol–water partition coefficient (Wildman–Crippen LogP) is 1.22. The zero-order valence-electron chi connectivity index (χ0n) is 15.4. The van der Waals surface area contributed by atoms with Crippen molar-refractivity contribution in [1.82, 2.24) is 10.2 Å². The molecule has 3 rings (SSSR count). The molecule has 0 bridgehead atoms. The number of piperidine rings is 1. The third-order valence-corrected chi connectivity index (χ3v) is 4.71. The number of aliphatic hydroxyl groups excluding tert-OH is 1. The van der Waals surface area contributed by atoms with Crippen LogP contribution in [0.3, 0.4) is 0 Å². The number of nitrogens with zero attached hydrogens (tertiary/aromatic N) is 3. The second kappa shape index (κ2) is 8.89. The van der Waals surface area contributed by atoms with E-state index in [9.17, 15) is 9.90 Å². The summed E-state index contributed by atoms with van der Waals surface area (Å²) in [5.74, 6) is 1.65. The molecule has 2 N–H and O–H groups in total. The highest BCUT2D eigenvalue weighted by Crippen LogP contribution is 2.31. The molecule has 26 heavy (non-hydrogen) atoms. The number of amides is 1. The number of carbonyl (C=O) groups is 1. The molecule has 0 radical (unpaired) electrons. The number of hydrogen-bond acceptors (Lipinski definition) is 4. The summed E-state index contributed by atoms with van der Waals surface area (Å²) in [6.45, 7) is 5.88. The van der Waals surface area contributed by atoms with Gasteiger partial charge in [-0.1, -0.05) is 12.1 Å². The number of carbonyl (C=O) groups excluding carboxylic acids is 1. The van der Waals surface area contributed by atoms with Crippen molar-refractivity contribution in [3.8, 4) is 5.75 Å². The van der Waals surface area contributed by atoms with Gasteiger partial charge >= 0.3 is 0 Å². The molecular formula is C19H28N4O3. The minimum absolute atomic E-state index is 0.00963. The van der Waals surface area contributed by atoms with Crippen LogP contribution in [0.2, 0.25) is 0 Å². The van der Waals surface area contributed by atoms with Crippen LogP contribution in [0.15, 0.2) is 29.3 Å². The van der Waals surface area contributed by atoms with Crippen LogP contribution in [0.1, 0.15) is 26.2 Å². The smallest absolute Gasteiger partial charge is 0.265 e. The van der Waals surface area contributed by atoms with Crippen molar-refractivity contribution in [3.05, 3.63) is 24.3 Å². The molecule has 0 spiro atoms. The molecule has 0 aromatic heterocycles. The molecule has 0 saturated carbocycles. The second-order valence-corrected chi connectivity index (χ2v) is 6.61. The molecule has 1 amide bonds. The fourth-order valence-corrected chi connectivity index (χ4v) is 3.32. The minimum atomic E-state index is -0.193. The zero-order valence-corrected chi connectivity index (χ0v) is 15.4. The van der Waals surface area contributed by atoms with Crippen molar-refractivity contribution in [2.45, 2.75) is 32.3 Å². The van der Waals surface area contributed by atoms with E-state index in [1.807, 2.05) is 24.3 Å². The van der Waals surface area contributed by atoms with Crippen molar-refractivity contribution >= 4 is 17.6 Å². The molecule has 1 saturated heterocycles. The van der Waals surface area contributed by atoms with Gasteiger partial charge < -0.3 is 25.0 Å². The summed E-state index contributed by atoms with van der Waals surface area (Å²) >= 11 is 0. The van der Waals surface area contributed by atoms with E-state index in [-0.39, 0.29) is 18.6 Å². The Hall–Kier alpha value is -2.28. The number of rotatable bonds is 5. The van der Waals surface area contributed by atoms with E-state index in [2.05, 4.69) is 17.1 Å². The number of nitrogens with one attached hydrogen (secondary N) is 1. The van der Waals surface area contributed by atoms with Gasteiger partial charge in [0.05, 0.1) is 11.8 Å². The minimum Gasteiger partial charge on any atom is -0.482 e. The highest BCUT2D eigenvalue weighted by atomic mass is 16.5. The van der Waals surface area contributed by atoms with Crippen molar-refractivity contribution in [2.75, 3.05) is 44.2 Å². The van der Waals surface area contributed by atoms with Gasteiger partial charge in [0.1, 0.15) is 5.75 Å². The normalized spacial score (nSPS) is 18.5. The number of anilines is 1. The number of guanidine groups is 1. The maximum absolute atomic E-state index is 12.2. The van der Waals surface area contributed by atoms with Gasteiger partial charge in [0.2, 0.25) is 0 Å². The predicted molar refractivity (Wildman–Crippen MR) is 102 cm³/mol. The summed E-state index contributed by atoms with van der Waals surface area (Å²) in [6, 6.07) is 7.63. The Balaban J connectivity index is 1.56. The fraction of sp³-hybridized carbons (Fsp3) is 0.579. The van der Waals surface area contributed by atoms with Crippen LogP contribution in [0.4, 0.5) is 5.69 Å². The van der Waals surface area contributed by atoms with Gasteiger partial charge in [-0.15, -0.1) is 0 Å². The van der Waals surface area contributed by atoms with Crippen molar-refractivity contribution < 1.29 is 14.6 Å². The number of benzene rings is 1. The van der Waals surface area contributed by atoms with Gasteiger partial charge in [-0.3, -0.25) is 9.79 Å². The van der Waals surface area contributed by atoms with Gasteiger partial charge in [0.15, 0.2) is 12.6 Å². The van der Waals surface area contributed by atoms with Crippen LogP contribution in [0, 0.1) is 0 Å². The Bertz CT molecular complexity index is 641. The monoisotopic (exact) mass is 360 g/mol. The Kier molecular flexibility index (Phi) is 6.33. The lowest BCUT2D eigenvalue weighted by Crippen LogP contribution is -2.46. The molecule has 142 valence electrons. The number of hydrogen-bond donors (Lipinski definition) is 2. The average Bonchev–Trinajstić information content (AvgIpc) is 2.66. The number of aliphatic hydroxyl groups is 1. The van der Waals surface area contributed by atoms with E-state index in [0.29, 0.717) is 13.1 Å². The Morgan fingerprint density at radius 2 is 2.12 bits per heavy atom. The van der Waals surface area contributed by atoms with Crippen molar-refractivity contribution in [1.29, 1.82) is 0 Å². The van der Waals surface area contributed by atoms with E-state index in [1.54, 1.807) is 4.90 Å². The Labute approximate surface area is 154 Å². The highest BCUT2D eigenvalue weighted by molar-refractivity contribution is 5.97. The van der Waals surface area contributed by atoms with Crippen LogP contribution in [-0.2, 0) is 4.79 Å². The van der Waals surface area contributed by atoms with Crippen LogP contribution in [-0.4, -0.2) is 67.3 Å². The molecule has 2 heterocycles. The SMILES string of the molecule is CCNC(=NCCCN1C(=O)COc2ccccc21)N1CCC(O)CC1.